The van der Waals surface area contributed by atoms with Gasteiger partial charge in [-0.25, -0.2) is 0 Å². The minimum absolute atomic E-state index is 0.578. The van der Waals surface area contributed by atoms with E-state index in [-0.39, 0.29) is 0 Å². The number of rotatable bonds is 6. The summed E-state index contributed by atoms with van der Waals surface area (Å²) in [5, 5.41) is 11.7. The molecule has 0 amide bonds. The maximum Gasteiger partial charge on any atom is 0.147 e. The molecule has 1 aliphatic rings. The molecule has 1 aromatic rings. The SMILES string of the molecule is CCCC(NC)C(CC)N1CCn2cnnc2C1. The average molecular weight is 251 g/mol. The molecule has 1 aliphatic heterocycles. The van der Waals surface area contributed by atoms with Crippen LogP contribution in [0.4, 0.5) is 0 Å². The molecular weight excluding hydrogens is 226 g/mol. The highest BCUT2D eigenvalue weighted by Crippen LogP contribution is 2.19. The molecule has 5 heteroatoms. The van der Waals surface area contributed by atoms with E-state index in [2.05, 4.69) is 45.9 Å². The molecule has 0 saturated heterocycles. The third-order valence-electron chi connectivity index (χ3n) is 3.99. The van der Waals surface area contributed by atoms with Crippen molar-refractivity contribution in [2.24, 2.45) is 0 Å². The van der Waals surface area contributed by atoms with Crippen LogP contribution in [0.2, 0.25) is 0 Å². The van der Waals surface area contributed by atoms with Gasteiger partial charge < -0.3 is 9.88 Å². The first kappa shape index (κ1) is 13.5. The fourth-order valence-corrected chi connectivity index (χ4v) is 3.01. The molecule has 2 heterocycles. The molecule has 2 atom stereocenters. The molecule has 0 radical (unpaired) electrons. The molecular formula is C13H25N5. The second kappa shape index (κ2) is 6.29. The van der Waals surface area contributed by atoms with Crippen LogP contribution >= 0.6 is 0 Å². The molecule has 5 nitrogen and oxygen atoms in total. The molecule has 2 rings (SSSR count). The van der Waals surface area contributed by atoms with Crippen LogP contribution in [0.3, 0.4) is 0 Å². The van der Waals surface area contributed by atoms with Gasteiger partial charge in [0.1, 0.15) is 12.2 Å². The highest BCUT2D eigenvalue weighted by Gasteiger charge is 2.28. The Bertz CT molecular complexity index is 362. The normalized spacial score (nSPS) is 19.5. The number of hydrogen-bond acceptors (Lipinski definition) is 4. The first-order valence-electron chi connectivity index (χ1n) is 7.08. The third-order valence-corrected chi connectivity index (χ3v) is 3.99. The van der Waals surface area contributed by atoms with Crippen LogP contribution in [0.5, 0.6) is 0 Å². The highest BCUT2D eigenvalue weighted by atomic mass is 15.3. The Morgan fingerprint density at radius 2 is 2.22 bits per heavy atom. The summed E-state index contributed by atoms with van der Waals surface area (Å²) >= 11 is 0. The molecule has 0 aliphatic carbocycles. The zero-order valence-corrected chi connectivity index (χ0v) is 11.8. The van der Waals surface area contributed by atoms with Crippen molar-refractivity contribution in [3.8, 4) is 0 Å². The largest absolute Gasteiger partial charge is 0.315 e. The lowest BCUT2D eigenvalue weighted by molar-refractivity contribution is 0.115. The lowest BCUT2D eigenvalue weighted by Crippen LogP contribution is -2.51. The first-order valence-corrected chi connectivity index (χ1v) is 7.08. The van der Waals surface area contributed by atoms with Crippen molar-refractivity contribution < 1.29 is 0 Å². The van der Waals surface area contributed by atoms with Gasteiger partial charge in [-0.15, -0.1) is 10.2 Å². The third kappa shape index (κ3) is 2.72. The summed E-state index contributed by atoms with van der Waals surface area (Å²) in [5.74, 6) is 1.10. The second-order valence-corrected chi connectivity index (χ2v) is 5.07. The van der Waals surface area contributed by atoms with Crippen molar-refractivity contribution in [1.82, 2.24) is 25.0 Å². The van der Waals surface area contributed by atoms with E-state index in [0.29, 0.717) is 12.1 Å². The summed E-state index contributed by atoms with van der Waals surface area (Å²) in [6, 6.07) is 1.18. The van der Waals surface area contributed by atoms with E-state index in [4.69, 9.17) is 0 Å². The quantitative estimate of drug-likeness (QED) is 0.827. The molecule has 0 saturated carbocycles. The Hall–Kier alpha value is -0.940. The number of fused-ring (bicyclic) bond motifs is 1. The van der Waals surface area contributed by atoms with Crippen LogP contribution in [0, 0.1) is 0 Å². The summed E-state index contributed by atoms with van der Waals surface area (Å²) in [4.78, 5) is 2.56. The van der Waals surface area contributed by atoms with Gasteiger partial charge in [-0.2, -0.15) is 0 Å². The number of nitrogens with one attached hydrogen (secondary N) is 1. The fraction of sp³-hybridized carbons (Fsp3) is 0.846. The van der Waals surface area contributed by atoms with Crippen molar-refractivity contribution in [2.75, 3.05) is 13.6 Å². The molecule has 0 aromatic carbocycles. The molecule has 0 fully saturated rings. The van der Waals surface area contributed by atoms with Crippen LogP contribution in [0.1, 0.15) is 38.9 Å². The van der Waals surface area contributed by atoms with Crippen molar-refractivity contribution in [2.45, 2.75) is 58.3 Å². The van der Waals surface area contributed by atoms with E-state index >= 15 is 0 Å². The predicted octanol–water partition coefficient (Wildman–Crippen LogP) is 1.26. The van der Waals surface area contributed by atoms with Gasteiger partial charge in [-0.05, 0) is 19.9 Å². The van der Waals surface area contributed by atoms with Crippen LogP contribution in [0.15, 0.2) is 6.33 Å². The smallest absolute Gasteiger partial charge is 0.147 e. The van der Waals surface area contributed by atoms with Crippen LogP contribution in [-0.4, -0.2) is 45.3 Å². The van der Waals surface area contributed by atoms with Crippen LogP contribution in [-0.2, 0) is 13.1 Å². The predicted molar refractivity (Wildman–Crippen MR) is 72.3 cm³/mol. The molecule has 18 heavy (non-hydrogen) atoms. The van der Waals surface area contributed by atoms with Gasteiger partial charge in [0.05, 0.1) is 6.54 Å². The van der Waals surface area contributed by atoms with E-state index in [1.807, 2.05) is 6.33 Å². The lowest BCUT2D eigenvalue weighted by atomic mass is 9.98. The van der Waals surface area contributed by atoms with E-state index in [1.165, 1.54) is 19.3 Å². The van der Waals surface area contributed by atoms with E-state index < -0.39 is 0 Å². The maximum absolute atomic E-state index is 4.21. The van der Waals surface area contributed by atoms with Gasteiger partial charge in [-0.1, -0.05) is 20.3 Å². The second-order valence-electron chi connectivity index (χ2n) is 5.07. The Kier molecular flexibility index (Phi) is 4.72. The maximum atomic E-state index is 4.21. The van der Waals surface area contributed by atoms with Crippen molar-refractivity contribution >= 4 is 0 Å². The fourth-order valence-electron chi connectivity index (χ4n) is 3.01. The van der Waals surface area contributed by atoms with Crippen molar-refractivity contribution in [1.29, 1.82) is 0 Å². The van der Waals surface area contributed by atoms with Crippen molar-refractivity contribution in [3.63, 3.8) is 0 Å². The summed E-state index contributed by atoms with van der Waals surface area (Å²) < 4.78 is 2.16. The van der Waals surface area contributed by atoms with Crippen molar-refractivity contribution in [3.05, 3.63) is 12.2 Å². The van der Waals surface area contributed by atoms with Gasteiger partial charge >= 0.3 is 0 Å². The van der Waals surface area contributed by atoms with E-state index in [1.54, 1.807) is 0 Å². The van der Waals surface area contributed by atoms with E-state index in [9.17, 15) is 0 Å². The lowest BCUT2D eigenvalue weighted by Gasteiger charge is -2.38. The molecule has 1 aromatic heterocycles. The first-order chi connectivity index (χ1) is 8.80. The number of nitrogens with zero attached hydrogens (tertiary/aromatic N) is 4. The van der Waals surface area contributed by atoms with Crippen LogP contribution < -0.4 is 5.32 Å². The van der Waals surface area contributed by atoms with E-state index in [0.717, 1.165) is 25.5 Å². The van der Waals surface area contributed by atoms with Gasteiger partial charge in [0.25, 0.3) is 0 Å². The minimum atomic E-state index is 0.578. The molecule has 0 spiro atoms. The average Bonchev–Trinajstić information content (AvgIpc) is 2.86. The molecule has 102 valence electrons. The summed E-state index contributed by atoms with van der Waals surface area (Å²) in [6.45, 7) is 7.58. The topological polar surface area (TPSA) is 46.0 Å². The monoisotopic (exact) mass is 251 g/mol. The summed E-state index contributed by atoms with van der Waals surface area (Å²) in [5.41, 5.74) is 0. The highest BCUT2D eigenvalue weighted by molar-refractivity contribution is 4.94. The molecule has 2 unspecified atom stereocenters. The zero-order chi connectivity index (χ0) is 13.0. The molecule has 0 bridgehead atoms. The Balaban J connectivity index is 2.05. The number of hydrogen-bond donors (Lipinski definition) is 1. The summed E-state index contributed by atoms with van der Waals surface area (Å²) in [6.07, 6.45) is 5.49. The Morgan fingerprint density at radius 1 is 1.39 bits per heavy atom. The standard InChI is InChI=1S/C13H25N5/c1-4-6-11(14-3)12(5-2)17-7-8-18-10-15-16-13(18)9-17/h10-12,14H,4-9H2,1-3H3. The number of likely N-dealkylation sites (N-methyl/N-ethyl adjacent to an activating group) is 1. The molecule has 1 N–H and O–H groups in total. The van der Waals surface area contributed by atoms with Crippen LogP contribution in [0.25, 0.3) is 0 Å². The minimum Gasteiger partial charge on any atom is -0.315 e. The number of aromatic nitrogens is 3. The Morgan fingerprint density at radius 3 is 2.89 bits per heavy atom. The van der Waals surface area contributed by atoms with Gasteiger partial charge in [-0.3, -0.25) is 4.90 Å². The summed E-state index contributed by atoms with van der Waals surface area (Å²) in [7, 11) is 2.08. The zero-order valence-electron chi connectivity index (χ0n) is 11.8. The van der Waals surface area contributed by atoms with Gasteiger partial charge in [0, 0.05) is 25.2 Å². The van der Waals surface area contributed by atoms with Gasteiger partial charge in [0.2, 0.25) is 0 Å². The Labute approximate surface area is 110 Å². The van der Waals surface area contributed by atoms with Gasteiger partial charge in [0.15, 0.2) is 0 Å².